The number of hydrogen-bond donors (Lipinski definition) is 2. The lowest BCUT2D eigenvalue weighted by atomic mass is 9.80. The van der Waals surface area contributed by atoms with Gasteiger partial charge in [0.05, 0.1) is 11.6 Å². The second-order valence-corrected chi connectivity index (χ2v) is 5.17. The summed E-state index contributed by atoms with van der Waals surface area (Å²) < 4.78 is 1.71. The number of benzene rings is 1. The third-order valence-corrected chi connectivity index (χ3v) is 3.72. The highest BCUT2D eigenvalue weighted by Gasteiger charge is 2.35. The van der Waals surface area contributed by atoms with Crippen molar-refractivity contribution in [3.8, 4) is 5.69 Å². The van der Waals surface area contributed by atoms with Gasteiger partial charge in [-0.25, -0.2) is 4.68 Å². The average molecular weight is 285 g/mol. The Kier molecular flexibility index (Phi) is 3.43. The fourth-order valence-electron chi connectivity index (χ4n) is 2.39. The van der Waals surface area contributed by atoms with Crippen LogP contribution in [0.2, 0.25) is 0 Å². The van der Waals surface area contributed by atoms with Gasteiger partial charge < -0.3 is 10.4 Å². The highest BCUT2D eigenvalue weighted by Crippen LogP contribution is 2.27. The van der Waals surface area contributed by atoms with E-state index in [0.29, 0.717) is 18.4 Å². The van der Waals surface area contributed by atoms with Gasteiger partial charge in [-0.05, 0) is 43.2 Å². The van der Waals surface area contributed by atoms with Crippen LogP contribution >= 0.6 is 0 Å². The Morgan fingerprint density at radius 1 is 1.24 bits per heavy atom. The molecule has 1 amide bonds. The van der Waals surface area contributed by atoms with Crippen LogP contribution in [-0.2, 0) is 4.79 Å². The van der Waals surface area contributed by atoms with Gasteiger partial charge in [-0.1, -0.05) is 0 Å². The molecule has 1 saturated carbocycles. The summed E-state index contributed by atoms with van der Waals surface area (Å²) in [6, 6.07) is 8.91. The van der Waals surface area contributed by atoms with Crippen molar-refractivity contribution in [1.29, 1.82) is 0 Å². The zero-order valence-electron chi connectivity index (χ0n) is 11.3. The van der Waals surface area contributed by atoms with Gasteiger partial charge in [-0.2, -0.15) is 5.10 Å². The van der Waals surface area contributed by atoms with Gasteiger partial charge in [0.1, 0.15) is 0 Å². The second-order valence-electron chi connectivity index (χ2n) is 5.17. The van der Waals surface area contributed by atoms with Crippen LogP contribution in [0.4, 0.5) is 0 Å². The summed E-state index contributed by atoms with van der Waals surface area (Å²) >= 11 is 0. The second kappa shape index (κ2) is 5.40. The van der Waals surface area contributed by atoms with Crippen LogP contribution in [-0.4, -0.2) is 32.8 Å². The molecular weight excluding hydrogens is 270 g/mol. The van der Waals surface area contributed by atoms with Gasteiger partial charge in [0.25, 0.3) is 5.91 Å². The van der Waals surface area contributed by atoms with E-state index in [1.165, 1.54) is 0 Å². The van der Waals surface area contributed by atoms with Gasteiger partial charge in [-0.15, -0.1) is 0 Å². The lowest BCUT2D eigenvalue weighted by molar-refractivity contribution is -0.145. The van der Waals surface area contributed by atoms with Crippen LogP contribution in [0.15, 0.2) is 42.7 Å². The minimum Gasteiger partial charge on any atom is -0.481 e. The van der Waals surface area contributed by atoms with E-state index in [0.717, 1.165) is 5.69 Å². The van der Waals surface area contributed by atoms with E-state index in [-0.39, 0.29) is 17.9 Å². The zero-order valence-corrected chi connectivity index (χ0v) is 11.3. The molecule has 0 saturated heterocycles. The van der Waals surface area contributed by atoms with Crippen LogP contribution in [0, 0.1) is 5.92 Å². The fourth-order valence-corrected chi connectivity index (χ4v) is 2.39. The molecule has 3 rings (SSSR count). The maximum atomic E-state index is 12.0. The molecule has 1 aliphatic rings. The van der Waals surface area contributed by atoms with Crippen molar-refractivity contribution in [2.24, 2.45) is 5.92 Å². The van der Waals surface area contributed by atoms with Crippen molar-refractivity contribution in [3.05, 3.63) is 48.3 Å². The monoisotopic (exact) mass is 285 g/mol. The SMILES string of the molecule is O=C(NC1CC(C(=O)O)C1)c1ccc(-n2cccn2)cc1. The van der Waals surface area contributed by atoms with Crippen LogP contribution in [0.1, 0.15) is 23.2 Å². The molecule has 1 fully saturated rings. The van der Waals surface area contributed by atoms with E-state index in [1.54, 1.807) is 23.0 Å². The Balaban J connectivity index is 1.60. The molecule has 1 aromatic carbocycles. The zero-order chi connectivity index (χ0) is 14.8. The number of aromatic nitrogens is 2. The van der Waals surface area contributed by atoms with E-state index >= 15 is 0 Å². The van der Waals surface area contributed by atoms with Crippen LogP contribution in [0.3, 0.4) is 0 Å². The number of nitrogens with one attached hydrogen (secondary N) is 1. The maximum absolute atomic E-state index is 12.0. The molecule has 1 aliphatic carbocycles. The first-order valence-corrected chi connectivity index (χ1v) is 6.77. The molecule has 0 bridgehead atoms. The summed E-state index contributed by atoms with van der Waals surface area (Å²) in [6.45, 7) is 0. The Morgan fingerprint density at radius 2 is 1.95 bits per heavy atom. The third kappa shape index (κ3) is 2.79. The predicted molar refractivity (Wildman–Crippen MR) is 75.2 cm³/mol. The fraction of sp³-hybridized carbons (Fsp3) is 0.267. The van der Waals surface area contributed by atoms with Crippen molar-refractivity contribution in [2.75, 3.05) is 0 Å². The highest BCUT2D eigenvalue weighted by molar-refractivity contribution is 5.94. The van der Waals surface area contributed by atoms with Crippen LogP contribution in [0.5, 0.6) is 0 Å². The summed E-state index contributed by atoms with van der Waals surface area (Å²) in [5.41, 5.74) is 1.44. The number of carboxylic acid groups (broad SMARTS) is 1. The van der Waals surface area contributed by atoms with Gasteiger partial charge in [0, 0.05) is 24.0 Å². The first-order valence-electron chi connectivity index (χ1n) is 6.77. The van der Waals surface area contributed by atoms with Gasteiger partial charge in [0.15, 0.2) is 0 Å². The molecule has 0 radical (unpaired) electrons. The molecule has 6 nitrogen and oxygen atoms in total. The number of rotatable bonds is 4. The molecule has 1 heterocycles. The maximum Gasteiger partial charge on any atom is 0.306 e. The number of carbonyl (C=O) groups excluding carboxylic acids is 1. The molecular formula is C15H15N3O3. The van der Waals surface area contributed by atoms with Gasteiger partial charge >= 0.3 is 5.97 Å². The number of aliphatic carboxylic acids is 1. The van der Waals surface area contributed by atoms with Gasteiger partial charge in [-0.3, -0.25) is 9.59 Å². The first kappa shape index (κ1) is 13.4. The number of amides is 1. The predicted octanol–water partition coefficient (Wildman–Crippen LogP) is 1.47. The molecule has 108 valence electrons. The minimum absolute atomic E-state index is 0.0376. The van der Waals surface area contributed by atoms with E-state index in [4.69, 9.17) is 5.11 Å². The third-order valence-electron chi connectivity index (χ3n) is 3.72. The van der Waals surface area contributed by atoms with E-state index in [2.05, 4.69) is 10.4 Å². The Morgan fingerprint density at radius 3 is 2.52 bits per heavy atom. The molecule has 1 aromatic heterocycles. The molecule has 2 aromatic rings. The van der Waals surface area contributed by atoms with Gasteiger partial charge in [0.2, 0.25) is 0 Å². The van der Waals surface area contributed by atoms with Crippen molar-refractivity contribution < 1.29 is 14.7 Å². The minimum atomic E-state index is -0.788. The normalized spacial score (nSPS) is 20.6. The number of hydrogen-bond acceptors (Lipinski definition) is 3. The molecule has 21 heavy (non-hydrogen) atoms. The first-order chi connectivity index (χ1) is 10.1. The molecule has 6 heteroatoms. The van der Waals surface area contributed by atoms with Crippen molar-refractivity contribution in [1.82, 2.24) is 15.1 Å². The van der Waals surface area contributed by atoms with Crippen LogP contribution in [0.25, 0.3) is 5.69 Å². The summed E-state index contributed by atoms with van der Waals surface area (Å²) in [7, 11) is 0. The molecule has 0 unspecified atom stereocenters. The lowest BCUT2D eigenvalue weighted by Crippen LogP contribution is -2.46. The number of carbonyl (C=O) groups is 2. The summed E-state index contributed by atoms with van der Waals surface area (Å²) in [4.78, 5) is 22.8. The van der Waals surface area contributed by atoms with E-state index < -0.39 is 5.97 Å². The number of carboxylic acids is 1. The van der Waals surface area contributed by atoms with Crippen molar-refractivity contribution >= 4 is 11.9 Å². The summed E-state index contributed by atoms with van der Waals surface area (Å²) in [6.07, 6.45) is 4.53. The Labute approximate surface area is 121 Å². The van der Waals surface area contributed by atoms with E-state index in [1.807, 2.05) is 24.4 Å². The molecule has 0 aliphatic heterocycles. The quantitative estimate of drug-likeness (QED) is 0.890. The topological polar surface area (TPSA) is 84.2 Å². The Bertz CT molecular complexity index is 643. The van der Waals surface area contributed by atoms with Crippen molar-refractivity contribution in [3.63, 3.8) is 0 Å². The van der Waals surface area contributed by atoms with Crippen molar-refractivity contribution in [2.45, 2.75) is 18.9 Å². The lowest BCUT2D eigenvalue weighted by Gasteiger charge is -2.32. The number of nitrogens with zero attached hydrogens (tertiary/aromatic N) is 2. The smallest absolute Gasteiger partial charge is 0.306 e. The summed E-state index contributed by atoms with van der Waals surface area (Å²) in [5.74, 6) is -1.28. The standard InChI is InChI=1S/C15H15N3O3/c19-14(17-12-8-11(9-12)15(20)21)10-2-4-13(5-3-10)18-7-1-6-16-18/h1-7,11-12H,8-9H2,(H,17,19)(H,20,21). The summed E-state index contributed by atoms with van der Waals surface area (Å²) in [5, 5.41) is 15.8. The van der Waals surface area contributed by atoms with Crippen LogP contribution < -0.4 is 5.32 Å². The molecule has 0 atom stereocenters. The average Bonchev–Trinajstić information content (AvgIpc) is 2.96. The largest absolute Gasteiger partial charge is 0.481 e. The molecule has 2 N–H and O–H groups in total. The highest BCUT2D eigenvalue weighted by atomic mass is 16.4. The Hall–Kier alpha value is -2.63. The molecule has 0 spiro atoms. The van der Waals surface area contributed by atoms with E-state index in [9.17, 15) is 9.59 Å².